The average molecular weight is 546 g/mol. The summed E-state index contributed by atoms with van der Waals surface area (Å²) in [4.78, 5) is 4.48. The molecule has 30 heavy (non-hydrogen) atoms. The molecule has 1 unspecified atom stereocenters. The van der Waals surface area contributed by atoms with Gasteiger partial charge in [-0.2, -0.15) is 0 Å². The van der Waals surface area contributed by atoms with E-state index in [9.17, 15) is 8.42 Å². The number of hydrogen-bond donors (Lipinski definition) is 2. The molecule has 2 N–H and O–H groups in total. The maximum atomic E-state index is 12.5. The van der Waals surface area contributed by atoms with Crippen LogP contribution in [0, 0.1) is 6.92 Å². The van der Waals surface area contributed by atoms with Gasteiger partial charge in [0.25, 0.3) is 0 Å². The summed E-state index contributed by atoms with van der Waals surface area (Å²) >= 11 is 0. The van der Waals surface area contributed by atoms with Gasteiger partial charge in [0.1, 0.15) is 11.9 Å². The Morgan fingerprint density at radius 1 is 1.13 bits per heavy atom. The van der Waals surface area contributed by atoms with Gasteiger partial charge in [-0.05, 0) is 43.2 Å². The van der Waals surface area contributed by atoms with E-state index < -0.39 is 10.0 Å². The van der Waals surface area contributed by atoms with Crippen molar-refractivity contribution < 1.29 is 13.2 Å². The molecule has 0 radical (unpaired) electrons. The van der Waals surface area contributed by atoms with Crippen LogP contribution < -0.4 is 15.4 Å². The van der Waals surface area contributed by atoms with E-state index >= 15 is 0 Å². The van der Waals surface area contributed by atoms with Crippen LogP contribution in [0.5, 0.6) is 5.75 Å². The molecule has 0 aliphatic heterocycles. The first kappa shape index (κ1) is 26.2. The smallest absolute Gasteiger partial charge is 0.242 e. The molecular weight excluding hydrogens is 515 g/mol. The number of halogens is 1. The van der Waals surface area contributed by atoms with E-state index in [0.29, 0.717) is 24.6 Å². The lowest BCUT2D eigenvalue weighted by Crippen LogP contribution is -2.41. The number of aliphatic imine (C=N–C) groups is 1. The van der Waals surface area contributed by atoms with Crippen molar-refractivity contribution in [3.63, 3.8) is 0 Å². The van der Waals surface area contributed by atoms with Crippen LogP contribution >= 0.6 is 24.0 Å². The van der Waals surface area contributed by atoms with Crippen LogP contribution in [-0.4, -0.2) is 52.5 Å². The number of sulfonamides is 1. The number of nitrogens with one attached hydrogen (secondary N) is 2. The molecule has 166 valence electrons. The van der Waals surface area contributed by atoms with Gasteiger partial charge in [-0.1, -0.05) is 30.3 Å². The van der Waals surface area contributed by atoms with Gasteiger partial charge in [-0.25, -0.2) is 12.7 Å². The molecule has 0 amide bonds. The van der Waals surface area contributed by atoms with Gasteiger partial charge in [0.2, 0.25) is 10.0 Å². The fraction of sp³-hybridized carbons (Fsp3) is 0.381. The molecular formula is C21H31IN4O3S. The summed E-state index contributed by atoms with van der Waals surface area (Å²) in [5, 5.41) is 6.38. The largest absolute Gasteiger partial charge is 0.489 e. The molecule has 0 saturated heterocycles. The van der Waals surface area contributed by atoms with E-state index in [4.69, 9.17) is 4.74 Å². The van der Waals surface area contributed by atoms with Crippen molar-refractivity contribution in [3.05, 3.63) is 59.7 Å². The summed E-state index contributed by atoms with van der Waals surface area (Å²) in [6.45, 7) is 4.87. The predicted molar refractivity (Wildman–Crippen MR) is 132 cm³/mol. The lowest BCUT2D eigenvalue weighted by molar-refractivity contribution is 0.223. The summed E-state index contributed by atoms with van der Waals surface area (Å²) < 4.78 is 32.2. The Kier molecular flexibility index (Phi) is 10.6. The minimum absolute atomic E-state index is 0. The lowest BCUT2D eigenvalue weighted by atomic mass is 10.2. The zero-order valence-corrected chi connectivity index (χ0v) is 21.2. The van der Waals surface area contributed by atoms with Crippen LogP contribution in [0.4, 0.5) is 0 Å². The monoisotopic (exact) mass is 546 g/mol. The summed E-state index contributed by atoms with van der Waals surface area (Å²) in [5.41, 5.74) is 1.82. The Balaban J connectivity index is 0.00000450. The minimum atomic E-state index is -3.51. The highest BCUT2D eigenvalue weighted by Gasteiger charge is 2.20. The molecule has 2 aromatic rings. The molecule has 0 bridgehead atoms. The Morgan fingerprint density at radius 2 is 1.83 bits per heavy atom. The van der Waals surface area contributed by atoms with Gasteiger partial charge in [0, 0.05) is 27.7 Å². The van der Waals surface area contributed by atoms with E-state index in [0.717, 1.165) is 11.3 Å². The third-order valence-corrected chi connectivity index (χ3v) is 6.20. The summed E-state index contributed by atoms with van der Waals surface area (Å²) in [6, 6.07) is 14.8. The second-order valence-electron chi connectivity index (χ2n) is 6.95. The summed E-state index contributed by atoms with van der Waals surface area (Å²) in [7, 11) is 1.20. The fourth-order valence-electron chi connectivity index (χ4n) is 2.70. The van der Waals surface area contributed by atoms with Crippen LogP contribution in [0.25, 0.3) is 0 Å². The topological polar surface area (TPSA) is 83.0 Å². The van der Waals surface area contributed by atoms with Crippen molar-refractivity contribution in [2.24, 2.45) is 4.99 Å². The molecule has 2 rings (SSSR count). The molecule has 7 nitrogen and oxygen atoms in total. The predicted octanol–water partition coefficient (Wildman–Crippen LogP) is 3.00. The van der Waals surface area contributed by atoms with Crippen LogP contribution in [0.15, 0.2) is 58.4 Å². The fourth-order valence-corrected chi connectivity index (χ4v) is 3.82. The third kappa shape index (κ3) is 7.44. The average Bonchev–Trinajstić information content (AvgIpc) is 2.68. The highest BCUT2D eigenvalue weighted by Crippen LogP contribution is 2.18. The molecule has 9 heteroatoms. The molecule has 0 aliphatic carbocycles. The Hall–Kier alpha value is -1.85. The Bertz CT molecular complexity index is 949. The summed E-state index contributed by atoms with van der Waals surface area (Å²) in [5.74, 6) is 1.40. The van der Waals surface area contributed by atoms with Crippen molar-refractivity contribution in [2.45, 2.75) is 31.4 Å². The van der Waals surface area contributed by atoms with Crippen LogP contribution in [0.2, 0.25) is 0 Å². The van der Waals surface area contributed by atoms with E-state index in [1.807, 2.05) is 44.2 Å². The Morgan fingerprint density at radius 3 is 2.47 bits per heavy atom. The second kappa shape index (κ2) is 12.1. The first-order chi connectivity index (χ1) is 13.7. The normalized spacial score (nSPS) is 12.8. The van der Waals surface area contributed by atoms with Crippen molar-refractivity contribution >= 4 is 40.0 Å². The van der Waals surface area contributed by atoms with Gasteiger partial charge in [0.05, 0.1) is 11.4 Å². The SMILES string of the molecule is CN=C(NCc1ccccc1S(=O)(=O)N(C)C)NCC(C)Oc1cccc(C)c1.I. The van der Waals surface area contributed by atoms with Gasteiger partial charge >= 0.3 is 0 Å². The molecule has 0 aliphatic rings. The van der Waals surface area contributed by atoms with Crippen LogP contribution in [-0.2, 0) is 16.6 Å². The van der Waals surface area contributed by atoms with Crippen molar-refractivity contribution in [2.75, 3.05) is 27.7 Å². The lowest BCUT2D eigenvalue weighted by Gasteiger charge is -2.19. The van der Waals surface area contributed by atoms with Gasteiger partial charge in [0.15, 0.2) is 5.96 Å². The van der Waals surface area contributed by atoms with E-state index in [1.165, 1.54) is 18.4 Å². The zero-order chi connectivity index (χ0) is 21.4. The quantitative estimate of drug-likeness (QED) is 0.302. The van der Waals surface area contributed by atoms with Gasteiger partial charge in [-0.15, -0.1) is 24.0 Å². The number of aryl methyl sites for hydroxylation is 1. The Labute approximate surface area is 197 Å². The molecule has 0 spiro atoms. The first-order valence-corrected chi connectivity index (χ1v) is 10.9. The van der Waals surface area contributed by atoms with E-state index in [1.54, 1.807) is 25.2 Å². The maximum Gasteiger partial charge on any atom is 0.242 e. The third-order valence-electron chi connectivity index (χ3n) is 4.28. The number of hydrogen-bond acceptors (Lipinski definition) is 4. The molecule has 0 fully saturated rings. The number of benzene rings is 2. The van der Waals surface area contributed by atoms with Gasteiger partial charge < -0.3 is 15.4 Å². The highest BCUT2D eigenvalue weighted by molar-refractivity contribution is 14.0. The number of guanidine groups is 1. The zero-order valence-electron chi connectivity index (χ0n) is 18.0. The number of ether oxygens (including phenoxy) is 1. The summed E-state index contributed by atoms with van der Waals surface area (Å²) in [6.07, 6.45) is -0.0724. The number of nitrogens with zero attached hydrogens (tertiary/aromatic N) is 2. The highest BCUT2D eigenvalue weighted by atomic mass is 127. The van der Waals surface area contributed by atoms with Crippen LogP contribution in [0.1, 0.15) is 18.1 Å². The van der Waals surface area contributed by atoms with Crippen molar-refractivity contribution in [1.29, 1.82) is 0 Å². The number of rotatable bonds is 8. The van der Waals surface area contributed by atoms with E-state index in [-0.39, 0.29) is 35.0 Å². The standard InChI is InChI=1S/C21H30N4O3S.HI/c1-16-9-8-11-19(13-16)28-17(2)14-23-21(22-3)24-15-18-10-6-7-12-20(18)29(26,27)25(4)5;/h6-13,17H,14-15H2,1-5H3,(H2,22,23,24);1H. The second-order valence-corrected chi connectivity index (χ2v) is 9.07. The van der Waals surface area contributed by atoms with Crippen molar-refractivity contribution in [1.82, 2.24) is 14.9 Å². The van der Waals surface area contributed by atoms with Crippen molar-refractivity contribution in [3.8, 4) is 5.75 Å². The molecule has 2 aromatic carbocycles. The molecule has 0 aromatic heterocycles. The van der Waals surface area contributed by atoms with E-state index in [2.05, 4.69) is 15.6 Å². The first-order valence-electron chi connectivity index (χ1n) is 9.42. The molecule has 1 atom stereocenters. The maximum absolute atomic E-state index is 12.5. The van der Waals surface area contributed by atoms with Gasteiger partial charge in [-0.3, -0.25) is 4.99 Å². The molecule has 0 heterocycles. The molecule has 0 saturated carbocycles. The van der Waals surface area contributed by atoms with Crippen LogP contribution in [0.3, 0.4) is 0 Å². The minimum Gasteiger partial charge on any atom is -0.489 e.